The minimum atomic E-state index is -1.04. The third kappa shape index (κ3) is 3.44. The fourth-order valence-electron chi connectivity index (χ4n) is 1.98. The number of aryl methyl sites for hydroxylation is 3. The average Bonchev–Trinajstić information content (AvgIpc) is 2.81. The van der Waals surface area contributed by atoms with Crippen molar-refractivity contribution in [2.24, 2.45) is 0 Å². The molecule has 2 aromatic rings. The highest BCUT2D eigenvalue weighted by atomic mass is 16.4. The van der Waals surface area contributed by atoms with Gasteiger partial charge in [0.05, 0.1) is 5.69 Å². The Kier molecular flexibility index (Phi) is 4.34. The maximum absolute atomic E-state index is 11.1. The molecule has 0 unspecified atom stereocenters. The molecule has 0 radical (unpaired) electrons. The summed E-state index contributed by atoms with van der Waals surface area (Å²) in [5.41, 5.74) is 1.74. The van der Waals surface area contributed by atoms with Crippen LogP contribution in [0, 0.1) is 0 Å². The third-order valence-electron chi connectivity index (χ3n) is 2.89. The van der Waals surface area contributed by atoms with Crippen LogP contribution in [-0.4, -0.2) is 16.1 Å². The number of aromatic nitrogens is 1. The van der Waals surface area contributed by atoms with Gasteiger partial charge in [0, 0.05) is 6.42 Å². The summed E-state index contributed by atoms with van der Waals surface area (Å²) in [7, 11) is 0. The van der Waals surface area contributed by atoms with Gasteiger partial charge < -0.3 is 9.52 Å². The highest BCUT2D eigenvalue weighted by Gasteiger charge is 2.18. The molecule has 1 aromatic carbocycles. The van der Waals surface area contributed by atoms with Gasteiger partial charge in [0.2, 0.25) is 5.76 Å². The van der Waals surface area contributed by atoms with E-state index in [0.29, 0.717) is 24.4 Å². The Bertz CT molecular complexity index is 546. The smallest absolute Gasteiger partial charge is 0.373 e. The lowest BCUT2D eigenvalue weighted by atomic mass is 10.1. The first-order valence-electron chi connectivity index (χ1n) is 6.46. The Labute approximate surface area is 112 Å². The second-order valence-electron chi connectivity index (χ2n) is 4.42. The predicted molar refractivity (Wildman–Crippen MR) is 71.3 cm³/mol. The van der Waals surface area contributed by atoms with Crippen LogP contribution in [0.25, 0.3) is 0 Å². The van der Waals surface area contributed by atoms with E-state index in [2.05, 4.69) is 4.98 Å². The number of hydrogen-bond donors (Lipinski definition) is 1. The zero-order chi connectivity index (χ0) is 13.7. The van der Waals surface area contributed by atoms with E-state index < -0.39 is 5.97 Å². The first-order valence-corrected chi connectivity index (χ1v) is 6.46. The molecule has 2 rings (SSSR count). The van der Waals surface area contributed by atoms with E-state index in [-0.39, 0.29) is 5.76 Å². The summed E-state index contributed by atoms with van der Waals surface area (Å²) in [5, 5.41) is 9.06. The molecule has 4 nitrogen and oxygen atoms in total. The van der Waals surface area contributed by atoms with Crippen LogP contribution in [0.1, 0.15) is 41.0 Å². The minimum Gasteiger partial charge on any atom is -0.475 e. The van der Waals surface area contributed by atoms with Gasteiger partial charge in [-0.2, -0.15) is 0 Å². The van der Waals surface area contributed by atoms with Gasteiger partial charge >= 0.3 is 5.97 Å². The van der Waals surface area contributed by atoms with Gasteiger partial charge in [0.1, 0.15) is 0 Å². The Balaban J connectivity index is 2.08. The van der Waals surface area contributed by atoms with Gasteiger partial charge in [0.25, 0.3) is 0 Å². The minimum absolute atomic E-state index is 0.00934. The molecule has 0 aliphatic rings. The van der Waals surface area contributed by atoms with Crippen molar-refractivity contribution in [3.05, 3.63) is 53.2 Å². The Morgan fingerprint density at radius 2 is 1.95 bits per heavy atom. The molecule has 4 heteroatoms. The van der Waals surface area contributed by atoms with Crippen molar-refractivity contribution in [3.8, 4) is 0 Å². The molecular weight excluding hydrogens is 242 g/mol. The van der Waals surface area contributed by atoms with E-state index in [9.17, 15) is 4.79 Å². The van der Waals surface area contributed by atoms with Gasteiger partial charge in [0.15, 0.2) is 5.89 Å². The van der Waals surface area contributed by atoms with E-state index in [4.69, 9.17) is 9.52 Å². The van der Waals surface area contributed by atoms with Crippen molar-refractivity contribution in [1.29, 1.82) is 0 Å². The number of carboxylic acid groups (broad SMARTS) is 1. The standard InChI is InChI=1S/C15H17NO3/c1-2-6-12-14(15(17)18)19-13(16-12)10-9-11-7-4-3-5-8-11/h3-5,7-8H,2,6,9-10H2,1H3,(H,17,18). The summed E-state index contributed by atoms with van der Waals surface area (Å²) in [5.74, 6) is -0.545. The van der Waals surface area contributed by atoms with Crippen LogP contribution in [0.2, 0.25) is 0 Å². The fraction of sp³-hybridized carbons (Fsp3) is 0.333. The van der Waals surface area contributed by atoms with E-state index in [1.165, 1.54) is 5.56 Å². The maximum atomic E-state index is 11.1. The molecule has 0 saturated heterocycles. The number of oxazole rings is 1. The SMILES string of the molecule is CCCc1nc(CCc2ccccc2)oc1C(=O)O. The van der Waals surface area contributed by atoms with Crippen molar-refractivity contribution in [1.82, 2.24) is 4.98 Å². The fourth-order valence-corrected chi connectivity index (χ4v) is 1.98. The largest absolute Gasteiger partial charge is 0.475 e. The Hall–Kier alpha value is -2.10. The summed E-state index contributed by atoms with van der Waals surface area (Å²) in [6.45, 7) is 1.99. The molecule has 100 valence electrons. The molecule has 0 bridgehead atoms. The molecular formula is C15H17NO3. The highest BCUT2D eigenvalue weighted by Crippen LogP contribution is 2.15. The number of hydrogen-bond acceptors (Lipinski definition) is 3. The van der Waals surface area contributed by atoms with Crippen LogP contribution in [0.15, 0.2) is 34.7 Å². The Morgan fingerprint density at radius 1 is 1.21 bits per heavy atom. The number of aromatic carboxylic acids is 1. The number of carbonyl (C=O) groups is 1. The topological polar surface area (TPSA) is 63.3 Å². The number of nitrogens with zero attached hydrogens (tertiary/aromatic N) is 1. The van der Waals surface area contributed by atoms with Crippen LogP contribution in [0.3, 0.4) is 0 Å². The van der Waals surface area contributed by atoms with Gasteiger partial charge in [-0.05, 0) is 18.4 Å². The van der Waals surface area contributed by atoms with Crippen molar-refractivity contribution in [3.63, 3.8) is 0 Å². The maximum Gasteiger partial charge on any atom is 0.373 e. The van der Waals surface area contributed by atoms with Crippen molar-refractivity contribution >= 4 is 5.97 Å². The highest BCUT2D eigenvalue weighted by molar-refractivity contribution is 5.85. The van der Waals surface area contributed by atoms with Gasteiger partial charge in [-0.15, -0.1) is 0 Å². The second-order valence-corrected chi connectivity index (χ2v) is 4.42. The molecule has 0 aliphatic carbocycles. The second kappa shape index (κ2) is 6.18. The molecule has 0 fully saturated rings. The molecule has 1 aromatic heterocycles. The summed E-state index contributed by atoms with van der Waals surface area (Å²) in [6.07, 6.45) is 2.90. The molecule has 0 aliphatic heterocycles. The molecule has 19 heavy (non-hydrogen) atoms. The quantitative estimate of drug-likeness (QED) is 0.865. The monoisotopic (exact) mass is 259 g/mol. The van der Waals surface area contributed by atoms with Crippen LogP contribution < -0.4 is 0 Å². The van der Waals surface area contributed by atoms with E-state index in [0.717, 1.165) is 12.8 Å². The Morgan fingerprint density at radius 3 is 2.58 bits per heavy atom. The van der Waals surface area contributed by atoms with Crippen LogP contribution in [0.4, 0.5) is 0 Å². The number of rotatable bonds is 6. The first-order chi connectivity index (χ1) is 9.20. The van der Waals surface area contributed by atoms with E-state index in [1.54, 1.807) is 0 Å². The number of benzene rings is 1. The van der Waals surface area contributed by atoms with Crippen molar-refractivity contribution in [2.75, 3.05) is 0 Å². The van der Waals surface area contributed by atoms with Gasteiger partial charge in [-0.1, -0.05) is 43.7 Å². The molecule has 0 spiro atoms. The van der Waals surface area contributed by atoms with Gasteiger partial charge in [-0.25, -0.2) is 9.78 Å². The lowest BCUT2D eigenvalue weighted by molar-refractivity contribution is 0.0658. The number of carboxylic acids is 1. The predicted octanol–water partition coefficient (Wildman–Crippen LogP) is 3.11. The summed E-state index contributed by atoms with van der Waals surface area (Å²) in [6, 6.07) is 10.0. The molecule has 0 saturated carbocycles. The first kappa shape index (κ1) is 13.3. The molecule has 1 heterocycles. The van der Waals surface area contributed by atoms with Crippen molar-refractivity contribution in [2.45, 2.75) is 32.6 Å². The van der Waals surface area contributed by atoms with Crippen LogP contribution in [-0.2, 0) is 19.3 Å². The molecule has 1 N–H and O–H groups in total. The summed E-state index contributed by atoms with van der Waals surface area (Å²) >= 11 is 0. The zero-order valence-corrected chi connectivity index (χ0v) is 10.9. The van der Waals surface area contributed by atoms with Crippen LogP contribution >= 0.6 is 0 Å². The van der Waals surface area contributed by atoms with Gasteiger partial charge in [-0.3, -0.25) is 0 Å². The average molecular weight is 259 g/mol. The van der Waals surface area contributed by atoms with E-state index >= 15 is 0 Å². The third-order valence-corrected chi connectivity index (χ3v) is 2.89. The lowest BCUT2D eigenvalue weighted by Crippen LogP contribution is -1.99. The summed E-state index contributed by atoms with van der Waals surface area (Å²) < 4.78 is 5.34. The van der Waals surface area contributed by atoms with Crippen LogP contribution in [0.5, 0.6) is 0 Å². The lowest BCUT2D eigenvalue weighted by Gasteiger charge is -1.97. The zero-order valence-electron chi connectivity index (χ0n) is 10.9. The van der Waals surface area contributed by atoms with E-state index in [1.807, 2.05) is 37.3 Å². The summed E-state index contributed by atoms with van der Waals surface area (Å²) in [4.78, 5) is 15.3. The van der Waals surface area contributed by atoms with Crippen molar-refractivity contribution < 1.29 is 14.3 Å². The molecule has 0 amide bonds. The molecule has 0 atom stereocenters. The normalized spacial score (nSPS) is 10.6.